The number of carbonyl (C=O) groups excluding carboxylic acids is 1. The van der Waals surface area contributed by atoms with E-state index in [2.05, 4.69) is 15.2 Å². The minimum Gasteiger partial charge on any atom is -0.371 e. The maximum Gasteiger partial charge on any atom is 0.243 e. The number of nitrogens with one attached hydrogen (secondary N) is 1. The van der Waals surface area contributed by atoms with Crippen molar-refractivity contribution < 1.29 is 13.2 Å². The van der Waals surface area contributed by atoms with Crippen molar-refractivity contribution in [2.75, 3.05) is 37.6 Å². The number of hydrogen-bond donors (Lipinski definition) is 1. The summed E-state index contributed by atoms with van der Waals surface area (Å²) in [5.74, 6) is -0.154. The fourth-order valence-electron chi connectivity index (χ4n) is 5.56. The molecule has 0 radical (unpaired) electrons. The Bertz CT molecular complexity index is 1390. The van der Waals surface area contributed by atoms with Gasteiger partial charge in [0.15, 0.2) is 0 Å². The number of rotatable bonds is 3. The topological polar surface area (TPSA) is 85.8 Å². The van der Waals surface area contributed by atoms with Crippen molar-refractivity contribution >= 4 is 44.0 Å². The molecule has 3 fully saturated rings. The first-order valence-corrected chi connectivity index (χ1v) is 13.6. The summed E-state index contributed by atoms with van der Waals surface area (Å²) in [5.41, 5.74) is 0.961. The van der Waals surface area contributed by atoms with Crippen LogP contribution in [0.4, 0.5) is 5.69 Å². The van der Waals surface area contributed by atoms with Crippen molar-refractivity contribution in [3.05, 3.63) is 65.9 Å². The van der Waals surface area contributed by atoms with Crippen molar-refractivity contribution in [1.82, 2.24) is 19.5 Å². The molecule has 1 atom stereocenters. The number of aromatic nitrogens is 1. The Morgan fingerprint density at radius 2 is 1.71 bits per heavy atom. The lowest BCUT2D eigenvalue weighted by Crippen LogP contribution is -2.58. The van der Waals surface area contributed by atoms with Gasteiger partial charge >= 0.3 is 0 Å². The highest BCUT2D eigenvalue weighted by atomic mass is 35.5. The Balaban J connectivity index is 1.19. The average Bonchev–Trinajstić information content (AvgIpc) is 3.23. The zero-order valence-corrected chi connectivity index (χ0v) is 20.7. The van der Waals surface area contributed by atoms with E-state index in [4.69, 9.17) is 11.6 Å². The predicted octanol–water partition coefficient (Wildman–Crippen LogP) is 2.69. The fraction of sp³-hybridized carbons (Fsp3) is 0.360. The second-order valence-corrected chi connectivity index (χ2v) is 12.0. The molecule has 10 heteroatoms. The quantitative estimate of drug-likeness (QED) is 0.582. The van der Waals surface area contributed by atoms with Gasteiger partial charge in [0.05, 0.1) is 17.6 Å². The number of piperidine rings is 1. The summed E-state index contributed by atoms with van der Waals surface area (Å²) in [5, 5.41) is 5.91. The SMILES string of the molecule is O=C1CN(S(=O)(=O)c2ccc3cc(Cl)ccc3c2)CC2NC3(CCN(c4ccncc4)CC3)CN12. The number of amides is 1. The summed E-state index contributed by atoms with van der Waals surface area (Å²) in [6.45, 7) is 2.45. The normalized spacial score (nSPS) is 22.7. The van der Waals surface area contributed by atoms with Crippen LogP contribution in [-0.2, 0) is 14.8 Å². The summed E-state index contributed by atoms with van der Waals surface area (Å²) in [4.78, 5) is 21.5. The van der Waals surface area contributed by atoms with Crippen molar-refractivity contribution in [3.63, 3.8) is 0 Å². The maximum atomic E-state index is 13.5. The molecule has 182 valence electrons. The second-order valence-electron chi connectivity index (χ2n) is 9.61. The molecule has 1 aromatic heterocycles. The van der Waals surface area contributed by atoms with Crippen LogP contribution < -0.4 is 10.2 Å². The molecule has 2 aromatic carbocycles. The average molecular weight is 512 g/mol. The van der Waals surface area contributed by atoms with Crippen molar-refractivity contribution in [2.45, 2.75) is 29.4 Å². The van der Waals surface area contributed by atoms with Gasteiger partial charge in [0.1, 0.15) is 0 Å². The monoisotopic (exact) mass is 511 g/mol. The molecule has 6 rings (SSSR count). The van der Waals surface area contributed by atoms with Crippen LogP contribution in [0.5, 0.6) is 0 Å². The lowest BCUT2D eigenvalue weighted by atomic mass is 9.88. The van der Waals surface area contributed by atoms with Gasteiger partial charge in [0.2, 0.25) is 15.9 Å². The molecule has 3 saturated heterocycles. The summed E-state index contributed by atoms with van der Waals surface area (Å²) >= 11 is 6.06. The summed E-state index contributed by atoms with van der Waals surface area (Å²) in [6.07, 6.45) is 5.04. The Labute approximate surface area is 209 Å². The van der Waals surface area contributed by atoms with Gasteiger partial charge in [-0.1, -0.05) is 23.7 Å². The van der Waals surface area contributed by atoms with Gasteiger partial charge in [0, 0.05) is 54.8 Å². The van der Waals surface area contributed by atoms with E-state index in [0.717, 1.165) is 42.4 Å². The first kappa shape index (κ1) is 22.7. The minimum atomic E-state index is -3.82. The number of carbonyl (C=O) groups is 1. The zero-order chi connectivity index (χ0) is 24.2. The third kappa shape index (κ3) is 4.06. The van der Waals surface area contributed by atoms with Crippen LogP contribution in [0, 0.1) is 0 Å². The van der Waals surface area contributed by atoms with Crippen LogP contribution in [0.3, 0.4) is 0 Å². The lowest BCUT2D eigenvalue weighted by Gasteiger charge is -2.40. The maximum absolute atomic E-state index is 13.5. The van der Waals surface area contributed by atoms with E-state index in [1.165, 1.54) is 4.31 Å². The van der Waals surface area contributed by atoms with Gasteiger partial charge < -0.3 is 9.80 Å². The third-order valence-electron chi connectivity index (χ3n) is 7.49. The number of fused-ring (bicyclic) bond motifs is 2. The molecule has 0 aliphatic carbocycles. The minimum absolute atomic E-state index is 0.140. The summed E-state index contributed by atoms with van der Waals surface area (Å²) < 4.78 is 28.3. The highest BCUT2D eigenvalue weighted by Gasteiger charge is 2.50. The van der Waals surface area contributed by atoms with Crippen LogP contribution in [-0.4, -0.2) is 72.9 Å². The summed E-state index contributed by atoms with van der Waals surface area (Å²) in [7, 11) is -3.82. The molecule has 1 spiro atoms. The van der Waals surface area contributed by atoms with Crippen LogP contribution in [0.1, 0.15) is 12.8 Å². The first-order valence-electron chi connectivity index (χ1n) is 11.7. The molecular formula is C25H26ClN5O3S. The number of pyridine rings is 1. The Morgan fingerprint density at radius 3 is 2.49 bits per heavy atom. The van der Waals surface area contributed by atoms with E-state index >= 15 is 0 Å². The van der Waals surface area contributed by atoms with Gasteiger partial charge in [-0.2, -0.15) is 4.31 Å². The van der Waals surface area contributed by atoms with Crippen molar-refractivity contribution in [3.8, 4) is 0 Å². The molecule has 3 aliphatic rings. The van der Waals surface area contributed by atoms with E-state index < -0.39 is 10.0 Å². The number of hydrogen-bond acceptors (Lipinski definition) is 6. The van der Waals surface area contributed by atoms with Crippen molar-refractivity contribution in [2.24, 2.45) is 0 Å². The van der Waals surface area contributed by atoms with Crippen LogP contribution in [0.15, 0.2) is 65.8 Å². The Kier molecular flexibility index (Phi) is 5.48. The summed E-state index contributed by atoms with van der Waals surface area (Å²) in [6, 6.07) is 14.4. The first-order chi connectivity index (χ1) is 16.8. The van der Waals surface area contributed by atoms with E-state index in [0.29, 0.717) is 11.6 Å². The Hall–Kier alpha value is -2.72. The number of benzene rings is 2. The zero-order valence-electron chi connectivity index (χ0n) is 19.1. The standard InChI is InChI=1S/C25H26ClN5O3S/c26-20-3-1-19-14-22(4-2-18(19)13-20)35(33,34)30-15-23-28-25(17-31(23)24(32)16-30)7-11-29(12-8-25)21-5-9-27-10-6-21/h1-6,9-10,13-14,23,28H,7-8,11-12,15-17H2. The third-order valence-corrected chi connectivity index (χ3v) is 9.53. The largest absolute Gasteiger partial charge is 0.371 e. The van der Waals surface area contributed by atoms with Crippen molar-refractivity contribution in [1.29, 1.82) is 0 Å². The second kappa shape index (κ2) is 8.44. The highest BCUT2D eigenvalue weighted by Crippen LogP contribution is 2.34. The van der Waals surface area contributed by atoms with Crippen LogP contribution >= 0.6 is 11.6 Å². The van der Waals surface area contributed by atoms with Gasteiger partial charge in [-0.3, -0.25) is 15.1 Å². The number of sulfonamides is 1. The van der Waals surface area contributed by atoms with Crippen LogP contribution in [0.2, 0.25) is 5.02 Å². The van der Waals surface area contributed by atoms with E-state index in [9.17, 15) is 13.2 Å². The molecule has 8 nitrogen and oxygen atoms in total. The van der Waals surface area contributed by atoms with E-state index in [1.807, 2.05) is 17.0 Å². The molecule has 3 aromatic rings. The Morgan fingerprint density at radius 1 is 1.00 bits per heavy atom. The molecule has 3 aliphatic heterocycles. The molecule has 0 bridgehead atoms. The smallest absolute Gasteiger partial charge is 0.243 e. The molecule has 35 heavy (non-hydrogen) atoms. The lowest BCUT2D eigenvalue weighted by molar-refractivity contribution is -0.135. The fourth-order valence-corrected chi connectivity index (χ4v) is 7.17. The van der Waals surface area contributed by atoms with Gasteiger partial charge in [0.25, 0.3) is 0 Å². The van der Waals surface area contributed by atoms with Gasteiger partial charge in [-0.05, 0) is 60.0 Å². The number of nitrogens with zero attached hydrogens (tertiary/aromatic N) is 4. The molecule has 4 heterocycles. The van der Waals surface area contributed by atoms with Gasteiger partial charge in [-0.15, -0.1) is 0 Å². The molecule has 1 amide bonds. The molecular weight excluding hydrogens is 486 g/mol. The number of anilines is 1. The molecule has 1 N–H and O–H groups in total. The number of piperazine rings is 1. The van der Waals surface area contributed by atoms with Gasteiger partial charge in [-0.25, -0.2) is 8.42 Å². The van der Waals surface area contributed by atoms with E-state index in [1.54, 1.807) is 48.8 Å². The van der Waals surface area contributed by atoms with E-state index in [-0.39, 0.29) is 35.6 Å². The number of halogens is 1. The predicted molar refractivity (Wildman–Crippen MR) is 135 cm³/mol. The molecule has 1 unspecified atom stereocenters. The highest BCUT2D eigenvalue weighted by molar-refractivity contribution is 7.89. The van der Waals surface area contributed by atoms with Crippen LogP contribution in [0.25, 0.3) is 10.8 Å². The molecule has 0 saturated carbocycles.